The van der Waals surface area contributed by atoms with Crippen molar-refractivity contribution in [3.8, 4) is 0 Å². The largest absolute Gasteiger partial charge is 0.388 e. The van der Waals surface area contributed by atoms with Gasteiger partial charge in [-0.3, -0.25) is 4.79 Å². The Labute approximate surface area is 115 Å². The quantitative estimate of drug-likeness (QED) is 0.867. The van der Waals surface area contributed by atoms with Crippen molar-refractivity contribution in [1.29, 1.82) is 0 Å². The molecule has 98 valence electrons. The highest BCUT2D eigenvalue weighted by atomic mass is 79.9. The molecule has 0 spiro atoms. The summed E-state index contributed by atoms with van der Waals surface area (Å²) in [6, 6.07) is 7.31. The molecule has 0 aliphatic carbocycles. The number of nitrogens with zero attached hydrogens (tertiary/aromatic N) is 1. The summed E-state index contributed by atoms with van der Waals surface area (Å²) < 4.78 is 0.954. The van der Waals surface area contributed by atoms with E-state index in [1.54, 1.807) is 17.0 Å². The molecule has 1 aromatic rings. The third-order valence-corrected chi connectivity index (χ3v) is 3.98. The Balaban J connectivity index is 2.01. The SMILES string of the molecule is NCC1(O)CCN(C(=O)c2ccc(Br)cc2)CC1. The van der Waals surface area contributed by atoms with Crippen molar-refractivity contribution in [2.24, 2.45) is 5.73 Å². The van der Waals surface area contributed by atoms with Gasteiger partial charge in [-0.1, -0.05) is 15.9 Å². The molecule has 3 N–H and O–H groups in total. The van der Waals surface area contributed by atoms with Gasteiger partial charge in [-0.15, -0.1) is 0 Å². The van der Waals surface area contributed by atoms with E-state index in [0.717, 1.165) is 4.47 Å². The standard InChI is InChI=1S/C13H17BrN2O2/c14-11-3-1-10(2-4-11)12(17)16-7-5-13(18,9-15)6-8-16/h1-4,18H,5-9,15H2. The van der Waals surface area contributed by atoms with Crippen LogP contribution in [0.25, 0.3) is 0 Å². The van der Waals surface area contributed by atoms with Crippen LogP contribution in [0.2, 0.25) is 0 Å². The minimum atomic E-state index is -0.795. The van der Waals surface area contributed by atoms with Gasteiger partial charge in [0.1, 0.15) is 0 Å². The highest BCUT2D eigenvalue weighted by molar-refractivity contribution is 9.10. The van der Waals surface area contributed by atoms with E-state index in [2.05, 4.69) is 15.9 Å². The minimum absolute atomic E-state index is 0.0153. The fourth-order valence-electron chi connectivity index (χ4n) is 2.11. The van der Waals surface area contributed by atoms with Crippen LogP contribution in [0.1, 0.15) is 23.2 Å². The third-order valence-electron chi connectivity index (χ3n) is 3.45. The number of amides is 1. The van der Waals surface area contributed by atoms with Crippen molar-refractivity contribution in [2.45, 2.75) is 18.4 Å². The van der Waals surface area contributed by atoms with Gasteiger partial charge < -0.3 is 15.7 Å². The fraction of sp³-hybridized carbons (Fsp3) is 0.462. The van der Waals surface area contributed by atoms with Crippen LogP contribution in [0, 0.1) is 0 Å². The molecule has 1 heterocycles. The van der Waals surface area contributed by atoms with Crippen LogP contribution in [0.15, 0.2) is 28.7 Å². The molecule has 2 rings (SSSR count). The second kappa shape index (κ2) is 5.38. The van der Waals surface area contributed by atoms with Gasteiger partial charge in [-0.05, 0) is 37.1 Å². The van der Waals surface area contributed by atoms with E-state index in [-0.39, 0.29) is 12.5 Å². The van der Waals surface area contributed by atoms with Crippen LogP contribution in [0.5, 0.6) is 0 Å². The van der Waals surface area contributed by atoms with Crippen molar-refractivity contribution >= 4 is 21.8 Å². The molecule has 1 aromatic carbocycles. The number of carbonyl (C=O) groups is 1. The molecular formula is C13H17BrN2O2. The number of nitrogens with two attached hydrogens (primary N) is 1. The summed E-state index contributed by atoms with van der Waals surface area (Å²) in [6.07, 6.45) is 1.09. The van der Waals surface area contributed by atoms with Crippen LogP contribution in [-0.4, -0.2) is 41.1 Å². The number of piperidine rings is 1. The molecule has 1 aliphatic rings. The summed E-state index contributed by atoms with van der Waals surface area (Å²) in [5, 5.41) is 10.0. The van der Waals surface area contributed by atoms with Crippen LogP contribution < -0.4 is 5.73 Å². The van der Waals surface area contributed by atoms with Crippen molar-refractivity contribution < 1.29 is 9.90 Å². The fourth-order valence-corrected chi connectivity index (χ4v) is 2.37. The summed E-state index contributed by atoms with van der Waals surface area (Å²) in [6.45, 7) is 1.37. The van der Waals surface area contributed by atoms with Gasteiger partial charge in [-0.2, -0.15) is 0 Å². The molecule has 5 heteroatoms. The lowest BCUT2D eigenvalue weighted by molar-refractivity contribution is -0.00951. The van der Waals surface area contributed by atoms with Crippen molar-refractivity contribution in [2.75, 3.05) is 19.6 Å². The van der Waals surface area contributed by atoms with E-state index in [9.17, 15) is 9.90 Å². The molecular weight excluding hydrogens is 296 g/mol. The Morgan fingerprint density at radius 2 is 1.89 bits per heavy atom. The molecule has 18 heavy (non-hydrogen) atoms. The molecule has 0 aromatic heterocycles. The van der Waals surface area contributed by atoms with E-state index in [0.29, 0.717) is 31.5 Å². The maximum atomic E-state index is 12.2. The van der Waals surface area contributed by atoms with Gasteiger partial charge in [0.2, 0.25) is 0 Å². The minimum Gasteiger partial charge on any atom is -0.388 e. The molecule has 1 saturated heterocycles. The lowest BCUT2D eigenvalue weighted by Crippen LogP contribution is -2.50. The number of rotatable bonds is 2. The highest BCUT2D eigenvalue weighted by Crippen LogP contribution is 2.22. The van der Waals surface area contributed by atoms with Gasteiger partial charge in [0.15, 0.2) is 0 Å². The first-order chi connectivity index (χ1) is 8.54. The predicted octanol–water partition coefficient (Wildman–Crippen LogP) is 1.37. The van der Waals surface area contributed by atoms with Crippen molar-refractivity contribution in [3.05, 3.63) is 34.3 Å². The van der Waals surface area contributed by atoms with E-state index >= 15 is 0 Å². The first-order valence-corrected chi connectivity index (χ1v) is 6.81. The average Bonchev–Trinajstić information content (AvgIpc) is 2.40. The number of likely N-dealkylation sites (tertiary alicyclic amines) is 1. The monoisotopic (exact) mass is 312 g/mol. The van der Waals surface area contributed by atoms with Crippen LogP contribution in [-0.2, 0) is 0 Å². The number of hydrogen-bond donors (Lipinski definition) is 2. The number of carbonyl (C=O) groups excluding carboxylic acids is 1. The molecule has 4 nitrogen and oxygen atoms in total. The maximum absolute atomic E-state index is 12.2. The first-order valence-electron chi connectivity index (χ1n) is 6.01. The number of hydrogen-bond acceptors (Lipinski definition) is 3. The number of benzene rings is 1. The van der Waals surface area contributed by atoms with Crippen molar-refractivity contribution in [3.63, 3.8) is 0 Å². The van der Waals surface area contributed by atoms with Gasteiger partial charge in [-0.25, -0.2) is 0 Å². The average molecular weight is 313 g/mol. The van der Waals surface area contributed by atoms with Gasteiger partial charge in [0, 0.05) is 29.7 Å². The van der Waals surface area contributed by atoms with Gasteiger partial charge >= 0.3 is 0 Å². The lowest BCUT2D eigenvalue weighted by Gasteiger charge is -2.37. The molecule has 1 fully saturated rings. The summed E-state index contributed by atoms with van der Waals surface area (Å²) >= 11 is 3.34. The Hall–Kier alpha value is -0.910. The summed E-state index contributed by atoms with van der Waals surface area (Å²) in [5.74, 6) is 0.0153. The van der Waals surface area contributed by atoms with Crippen LogP contribution in [0.3, 0.4) is 0 Å². The molecule has 0 radical (unpaired) electrons. The summed E-state index contributed by atoms with van der Waals surface area (Å²) in [4.78, 5) is 14.0. The summed E-state index contributed by atoms with van der Waals surface area (Å²) in [7, 11) is 0. The molecule has 1 aliphatic heterocycles. The first kappa shape index (κ1) is 13.5. The molecule has 0 saturated carbocycles. The maximum Gasteiger partial charge on any atom is 0.253 e. The van der Waals surface area contributed by atoms with Crippen LogP contribution >= 0.6 is 15.9 Å². The zero-order valence-electron chi connectivity index (χ0n) is 10.1. The van der Waals surface area contributed by atoms with E-state index in [1.807, 2.05) is 12.1 Å². The Morgan fingerprint density at radius 1 is 1.33 bits per heavy atom. The molecule has 1 amide bonds. The zero-order valence-corrected chi connectivity index (χ0v) is 11.7. The molecule has 0 unspecified atom stereocenters. The number of halogens is 1. The van der Waals surface area contributed by atoms with Crippen molar-refractivity contribution in [1.82, 2.24) is 4.90 Å². The third kappa shape index (κ3) is 2.91. The zero-order chi connectivity index (χ0) is 13.2. The number of aliphatic hydroxyl groups is 1. The van der Waals surface area contributed by atoms with E-state index < -0.39 is 5.60 Å². The Bertz CT molecular complexity index is 425. The Kier molecular flexibility index (Phi) is 4.04. The van der Waals surface area contributed by atoms with Crippen LogP contribution in [0.4, 0.5) is 0 Å². The van der Waals surface area contributed by atoms with E-state index in [1.165, 1.54) is 0 Å². The summed E-state index contributed by atoms with van der Waals surface area (Å²) in [5.41, 5.74) is 5.41. The second-order valence-electron chi connectivity index (χ2n) is 4.73. The Morgan fingerprint density at radius 3 is 2.39 bits per heavy atom. The lowest BCUT2D eigenvalue weighted by atomic mass is 9.91. The van der Waals surface area contributed by atoms with Gasteiger partial charge in [0.05, 0.1) is 5.60 Å². The molecule has 0 atom stereocenters. The topological polar surface area (TPSA) is 66.6 Å². The molecule has 0 bridgehead atoms. The second-order valence-corrected chi connectivity index (χ2v) is 5.64. The smallest absolute Gasteiger partial charge is 0.253 e. The highest BCUT2D eigenvalue weighted by Gasteiger charge is 2.32. The van der Waals surface area contributed by atoms with E-state index in [4.69, 9.17) is 5.73 Å². The predicted molar refractivity (Wildman–Crippen MR) is 73.3 cm³/mol. The normalized spacial score (nSPS) is 18.7. The van der Waals surface area contributed by atoms with Gasteiger partial charge in [0.25, 0.3) is 5.91 Å².